The number of aliphatic hydroxyl groups is 1. The summed E-state index contributed by atoms with van der Waals surface area (Å²) in [5.41, 5.74) is 0.954. The Bertz CT molecular complexity index is 1710. The van der Waals surface area contributed by atoms with Crippen LogP contribution in [0, 0.1) is 17.0 Å². The van der Waals surface area contributed by atoms with E-state index < -0.39 is 52.7 Å². The number of nitro benzene ring substituents is 1. The largest absolute Gasteiger partial charge is 0.459 e. The molecule has 0 bridgehead atoms. The van der Waals surface area contributed by atoms with Crippen LogP contribution in [0.2, 0.25) is 0 Å². The van der Waals surface area contributed by atoms with Gasteiger partial charge in [0.2, 0.25) is 0 Å². The van der Waals surface area contributed by atoms with Crippen LogP contribution in [0.5, 0.6) is 0 Å². The lowest BCUT2D eigenvalue weighted by molar-refractivity contribution is -0.384. The van der Waals surface area contributed by atoms with Crippen LogP contribution in [-0.4, -0.2) is 64.5 Å². The lowest BCUT2D eigenvalue weighted by Crippen LogP contribution is -2.64. The van der Waals surface area contributed by atoms with Crippen molar-refractivity contribution in [1.29, 1.82) is 0 Å². The Morgan fingerprint density at radius 1 is 0.854 bits per heavy atom. The lowest BCUT2D eigenvalue weighted by atomic mass is 9.97. The van der Waals surface area contributed by atoms with Crippen molar-refractivity contribution >= 4 is 35.5 Å². The van der Waals surface area contributed by atoms with E-state index in [1.807, 2.05) is 31.2 Å². The maximum Gasteiger partial charge on any atom is 0.407 e. The average molecular weight is 673 g/mol. The number of thioether (sulfide) groups is 1. The van der Waals surface area contributed by atoms with E-state index in [2.05, 4.69) is 5.32 Å². The van der Waals surface area contributed by atoms with Gasteiger partial charge in [0.15, 0.2) is 6.10 Å². The third-order valence-corrected chi connectivity index (χ3v) is 8.57. The number of carbonyl (C=O) groups excluding carboxylic acids is 3. The predicted octanol–water partition coefficient (Wildman–Crippen LogP) is 5.46. The number of benzene rings is 4. The van der Waals surface area contributed by atoms with Crippen LogP contribution < -0.4 is 5.32 Å². The number of hydrogen-bond acceptors (Lipinski definition) is 11. The molecule has 48 heavy (non-hydrogen) atoms. The number of alkyl carbamates (subject to hydrolysis) is 1. The quantitative estimate of drug-likeness (QED) is 0.0900. The molecule has 1 aliphatic heterocycles. The number of nitrogens with one attached hydrogen (secondary N) is 1. The first-order chi connectivity index (χ1) is 23.2. The number of hydrogen-bond donors (Lipinski definition) is 2. The van der Waals surface area contributed by atoms with E-state index in [1.165, 1.54) is 36.0 Å². The molecule has 4 aromatic carbocycles. The Morgan fingerprint density at radius 2 is 1.46 bits per heavy atom. The van der Waals surface area contributed by atoms with E-state index in [1.54, 1.807) is 60.7 Å². The van der Waals surface area contributed by atoms with Crippen molar-refractivity contribution in [2.75, 3.05) is 6.61 Å². The highest BCUT2D eigenvalue weighted by Crippen LogP contribution is 2.35. The lowest BCUT2D eigenvalue weighted by Gasteiger charge is -2.43. The van der Waals surface area contributed by atoms with Crippen molar-refractivity contribution in [3.8, 4) is 0 Å². The number of esters is 2. The molecule has 0 saturated carbocycles. The van der Waals surface area contributed by atoms with Gasteiger partial charge in [0, 0.05) is 17.0 Å². The number of rotatable bonds is 11. The number of carbonyl (C=O) groups is 3. The third kappa shape index (κ3) is 8.97. The minimum Gasteiger partial charge on any atom is -0.459 e. The van der Waals surface area contributed by atoms with E-state index in [0.717, 1.165) is 10.5 Å². The van der Waals surface area contributed by atoms with Crippen molar-refractivity contribution in [2.24, 2.45) is 0 Å². The summed E-state index contributed by atoms with van der Waals surface area (Å²) in [5.74, 6) is -1.39. The molecule has 0 radical (unpaired) electrons. The molecule has 5 atom stereocenters. The topological polar surface area (TPSA) is 164 Å². The van der Waals surface area contributed by atoms with Gasteiger partial charge in [-0.15, -0.1) is 0 Å². The molecule has 0 spiro atoms. The minimum absolute atomic E-state index is 0.111. The van der Waals surface area contributed by atoms with Gasteiger partial charge in [-0.05, 0) is 61.0 Å². The molecule has 1 heterocycles. The Morgan fingerprint density at radius 3 is 2.06 bits per heavy atom. The smallest absolute Gasteiger partial charge is 0.407 e. The molecule has 1 amide bonds. The SMILES string of the molecule is Cc1ccc(S[C@@H]2O[C@H](COC(=O)c3ccccc3)[C@@H](O)[C@H](OC(=O)c3ccccc3)[C@H]2NC(=O)OCc2ccc([N+](=O)[O-])cc2)cc1. The van der Waals surface area contributed by atoms with Crippen molar-refractivity contribution in [3.63, 3.8) is 0 Å². The number of non-ortho nitro benzene ring substituents is 1. The van der Waals surface area contributed by atoms with Gasteiger partial charge >= 0.3 is 18.0 Å². The summed E-state index contributed by atoms with van der Waals surface area (Å²) in [6, 6.07) is 28.3. The zero-order chi connectivity index (χ0) is 34.0. The second kappa shape index (κ2) is 16.0. The Balaban J connectivity index is 1.39. The maximum absolute atomic E-state index is 13.3. The molecule has 0 aliphatic carbocycles. The molecule has 12 nitrogen and oxygen atoms in total. The van der Waals surface area contributed by atoms with Crippen LogP contribution in [-0.2, 0) is 25.6 Å². The van der Waals surface area contributed by atoms with Gasteiger partial charge in [-0.1, -0.05) is 65.9 Å². The van der Waals surface area contributed by atoms with Crippen LogP contribution in [0.1, 0.15) is 31.8 Å². The van der Waals surface area contributed by atoms with E-state index in [4.69, 9.17) is 18.9 Å². The average Bonchev–Trinajstić information content (AvgIpc) is 3.11. The van der Waals surface area contributed by atoms with Crippen LogP contribution in [0.4, 0.5) is 10.5 Å². The van der Waals surface area contributed by atoms with Gasteiger partial charge in [0.1, 0.15) is 36.9 Å². The van der Waals surface area contributed by atoms with Crippen molar-refractivity contribution in [1.82, 2.24) is 5.32 Å². The van der Waals surface area contributed by atoms with Gasteiger partial charge < -0.3 is 29.4 Å². The molecule has 1 saturated heterocycles. The number of amides is 1. The number of nitrogens with zero attached hydrogens (tertiary/aromatic N) is 1. The summed E-state index contributed by atoms with van der Waals surface area (Å²) in [6.45, 7) is 1.34. The number of ether oxygens (including phenoxy) is 4. The molecular formula is C35H32N2O10S. The van der Waals surface area contributed by atoms with Gasteiger partial charge in [-0.25, -0.2) is 14.4 Å². The fourth-order valence-corrected chi connectivity index (χ4v) is 5.95. The zero-order valence-corrected chi connectivity index (χ0v) is 26.5. The zero-order valence-electron chi connectivity index (χ0n) is 25.7. The number of nitro groups is 1. The van der Waals surface area contributed by atoms with Crippen LogP contribution in [0.15, 0.2) is 114 Å². The third-order valence-electron chi connectivity index (χ3n) is 7.39. The number of aliphatic hydroxyl groups excluding tert-OH is 1. The van der Waals surface area contributed by atoms with E-state index in [0.29, 0.717) is 11.1 Å². The van der Waals surface area contributed by atoms with Crippen molar-refractivity contribution < 1.29 is 43.4 Å². The molecule has 248 valence electrons. The molecule has 2 N–H and O–H groups in total. The summed E-state index contributed by atoms with van der Waals surface area (Å²) < 4.78 is 23.0. The summed E-state index contributed by atoms with van der Waals surface area (Å²) in [6.07, 6.45) is -4.99. The first kappa shape index (κ1) is 34.1. The normalized spacial score (nSPS) is 20.2. The highest BCUT2D eigenvalue weighted by Gasteiger charge is 2.49. The Kier molecular flexibility index (Phi) is 11.4. The van der Waals surface area contributed by atoms with E-state index >= 15 is 0 Å². The second-order valence-corrected chi connectivity index (χ2v) is 12.0. The van der Waals surface area contributed by atoms with Crippen molar-refractivity contribution in [3.05, 3.63) is 142 Å². The van der Waals surface area contributed by atoms with Gasteiger partial charge in [-0.3, -0.25) is 10.1 Å². The molecule has 1 fully saturated rings. The summed E-state index contributed by atoms with van der Waals surface area (Å²) in [4.78, 5) is 50.4. The molecule has 0 aromatic heterocycles. The highest BCUT2D eigenvalue weighted by molar-refractivity contribution is 7.99. The fraction of sp³-hybridized carbons (Fsp3) is 0.229. The molecule has 1 aliphatic rings. The van der Waals surface area contributed by atoms with Crippen LogP contribution >= 0.6 is 11.8 Å². The first-order valence-electron chi connectivity index (χ1n) is 14.9. The number of aryl methyl sites for hydroxylation is 1. The van der Waals surface area contributed by atoms with E-state index in [9.17, 15) is 29.6 Å². The molecule has 4 aromatic rings. The van der Waals surface area contributed by atoms with Crippen LogP contribution in [0.3, 0.4) is 0 Å². The van der Waals surface area contributed by atoms with Gasteiger partial charge in [0.05, 0.1) is 16.1 Å². The summed E-state index contributed by atoms with van der Waals surface area (Å²) >= 11 is 1.21. The molecule has 0 unspecified atom stereocenters. The second-order valence-electron chi connectivity index (χ2n) is 10.8. The standard InChI is InChI=1S/C35H32N2O10S/c1-22-12-18-27(19-13-22)48-34-29(36-35(41)45-20-23-14-16-26(17-15-23)37(42)43)31(47-33(40)25-10-6-3-7-11-25)30(38)28(46-34)21-44-32(39)24-8-4-2-5-9-24/h2-19,28-31,34,38H,20-21H2,1H3,(H,36,41)/t28-,29-,30-,31-,34+/m1/s1. The maximum atomic E-state index is 13.3. The highest BCUT2D eigenvalue weighted by atomic mass is 32.2. The Hall–Kier alpha value is -5.24. The van der Waals surface area contributed by atoms with Gasteiger partial charge in [-0.2, -0.15) is 0 Å². The van der Waals surface area contributed by atoms with E-state index in [-0.39, 0.29) is 24.5 Å². The van der Waals surface area contributed by atoms with Gasteiger partial charge in [0.25, 0.3) is 5.69 Å². The Labute approximate surface area is 280 Å². The monoisotopic (exact) mass is 672 g/mol. The summed E-state index contributed by atoms with van der Waals surface area (Å²) in [7, 11) is 0. The predicted molar refractivity (Wildman–Crippen MR) is 174 cm³/mol. The minimum atomic E-state index is -1.55. The fourth-order valence-electron chi connectivity index (χ4n) is 4.82. The summed E-state index contributed by atoms with van der Waals surface area (Å²) in [5, 5.41) is 25.2. The molecule has 5 rings (SSSR count). The first-order valence-corrected chi connectivity index (χ1v) is 15.8. The molecule has 13 heteroatoms. The van der Waals surface area contributed by atoms with Crippen LogP contribution in [0.25, 0.3) is 0 Å². The van der Waals surface area contributed by atoms with Crippen molar-refractivity contribution in [2.45, 2.75) is 48.2 Å². The molecular weight excluding hydrogens is 640 g/mol.